The molecule has 0 spiro atoms. The van der Waals surface area contributed by atoms with E-state index in [2.05, 4.69) is 4.98 Å². The van der Waals surface area contributed by atoms with Gasteiger partial charge in [0, 0.05) is 16.5 Å². The Kier molecular flexibility index (Phi) is 3.36. The minimum absolute atomic E-state index is 0.173. The molecule has 2 aromatic carbocycles. The standard InChI is InChI=1S/C17H15NO3/c1-11-16-9-14(7-8-15(16)17(19)10-18-11)21-13-5-3-12(20-2)4-6-13/h3-10,19H,1-2H3. The average molecular weight is 281 g/mol. The molecule has 0 aliphatic heterocycles. The predicted molar refractivity (Wildman–Crippen MR) is 81.2 cm³/mol. The third-order valence-electron chi connectivity index (χ3n) is 3.33. The molecule has 0 aliphatic carbocycles. The minimum Gasteiger partial charge on any atom is -0.506 e. The second kappa shape index (κ2) is 5.32. The molecule has 0 amide bonds. The van der Waals surface area contributed by atoms with E-state index >= 15 is 0 Å². The van der Waals surface area contributed by atoms with Gasteiger partial charge < -0.3 is 14.6 Å². The second-order valence-electron chi connectivity index (χ2n) is 4.71. The number of hydrogen-bond donors (Lipinski definition) is 1. The van der Waals surface area contributed by atoms with Gasteiger partial charge in [-0.15, -0.1) is 0 Å². The topological polar surface area (TPSA) is 51.6 Å². The van der Waals surface area contributed by atoms with E-state index in [1.165, 1.54) is 6.20 Å². The van der Waals surface area contributed by atoms with Gasteiger partial charge in [-0.05, 0) is 49.4 Å². The molecule has 0 fully saturated rings. The number of ether oxygens (including phenoxy) is 2. The molecule has 0 bridgehead atoms. The van der Waals surface area contributed by atoms with E-state index in [0.29, 0.717) is 5.75 Å². The smallest absolute Gasteiger partial charge is 0.141 e. The lowest BCUT2D eigenvalue weighted by Crippen LogP contribution is -1.88. The van der Waals surface area contributed by atoms with Crippen LogP contribution in [0.4, 0.5) is 0 Å². The Morgan fingerprint density at radius 3 is 2.29 bits per heavy atom. The molecular weight excluding hydrogens is 266 g/mol. The molecule has 21 heavy (non-hydrogen) atoms. The van der Waals surface area contributed by atoms with Crippen LogP contribution in [0.1, 0.15) is 5.69 Å². The molecule has 1 aromatic heterocycles. The van der Waals surface area contributed by atoms with Crippen molar-refractivity contribution in [1.29, 1.82) is 0 Å². The van der Waals surface area contributed by atoms with Gasteiger partial charge in [-0.25, -0.2) is 0 Å². The number of methoxy groups -OCH3 is 1. The highest BCUT2D eigenvalue weighted by atomic mass is 16.5. The van der Waals surface area contributed by atoms with Crippen molar-refractivity contribution in [2.75, 3.05) is 7.11 Å². The van der Waals surface area contributed by atoms with Gasteiger partial charge in [0.15, 0.2) is 0 Å². The zero-order valence-electron chi connectivity index (χ0n) is 11.8. The van der Waals surface area contributed by atoms with Crippen molar-refractivity contribution in [2.24, 2.45) is 0 Å². The van der Waals surface area contributed by atoms with Crippen LogP contribution < -0.4 is 9.47 Å². The van der Waals surface area contributed by atoms with Gasteiger partial charge in [-0.3, -0.25) is 4.98 Å². The molecule has 0 atom stereocenters. The minimum atomic E-state index is 0.173. The van der Waals surface area contributed by atoms with E-state index in [4.69, 9.17) is 9.47 Å². The Balaban J connectivity index is 1.95. The normalized spacial score (nSPS) is 10.6. The summed E-state index contributed by atoms with van der Waals surface area (Å²) in [5.74, 6) is 2.38. The number of aromatic nitrogens is 1. The zero-order valence-corrected chi connectivity index (χ0v) is 11.8. The highest BCUT2D eigenvalue weighted by Gasteiger charge is 2.06. The van der Waals surface area contributed by atoms with Crippen molar-refractivity contribution in [2.45, 2.75) is 6.92 Å². The molecule has 0 unspecified atom stereocenters. The third kappa shape index (κ3) is 2.60. The van der Waals surface area contributed by atoms with E-state index in [-0.39, 0.29) is 5.75 Å². The molecule has 4 heteroatoms. The number of hydrogen-bond acceptors (Lipinski definition) is 4. The molecule has 1 heterocycles. The van der Waals surface area contributed by atoms with Crippen molar-refractivity contribution >= 4 is 10.8 Å². The number of rotatable bonds is 3. The Bertz CT molecular complexity index is 782. The first-order valence-corrected chi connectivity index (χ1v) is 6.57. The summed E-state index contributed by atoms with van der Waals surface area (Å²) in [6, 6.07) is 12.9. The molecule has 3 rings (SSSR count). The van der Waals surface area contributed by atoms with E-state index < -0.39 is 0 Å². The maximum Gasteiger partial charge on any atom is 0.141 e. The van der Waals surface area contributed by atoms with Crippen LogP contribution in [0.2, 0.25) is 0 Å². The summed E-state index contributed by atoms with van der Waals surface area (Å²) in [4.78, 5) is 4.16. The maximum atomic E-state index is 9.82. The number of benzene rings is 2. The molecular formula is C17H15NO3. The van der Waals surface area contributed by atoms with E-state index in [0.717, 1.165) is 28.0 Å². The Hall–Kier alpha value is -2.75. The number of aryl methyl sites for hydroxylation is 1. The molecule has 1 N–H and O–H groups in total. The average Bonchev–Trinajstić information content (AvgIpc) is 2.52. The summed E-state index contributed by atoms with van der Waals surface area (Å²) in [5.41, 5.74) is 0.850. The quantitative estimate of drug-likeness (QED) is 0.787. The monoisotopic (exact) mass is 281 g/mol. The highest BCUT2D eigenvalue weighted by molar-refractivity contribution is 5.90. The van der Waals surface area contributed by atoms with Crippen molar-refractivity contribution in [3.63, 3.8) is 0 Å². The van der Waals surface area contributed by atoms with Gasteiger partial charge in [-0.2, -0.15) is 0 Å². The van der Waals surface area contributed by atoms with Gasteiger partial charge >= 0.3 is 0 Å². The first-order chi connectivity index (χ1) is 10.2. The molecule has 4 nitrogen and oxygen atoms in total. The number of nitrogens with zero attached hydrogens (tertiary/aromatic N) is 1. The summed E-state index contributed by atoms with van der Waals surface area (Å²) in [5, 5.41) is 11.5. The molecule has 3 aromatic rings. The van der Waals surface area contributed by atoms with Crippen LogP contribution in [0.15, 0.2) is 48.7 Å². The Morgan fingerprint density at radius 2 is 1.57 bits per heavy atom. The van der Waals surface area contributed by atoms with Crippen LogP contribution >= 0.6 is 0 Å². The van der Waals surface area contributed by atoms with E-state index in [9.17, 15) is 5.11 Å². The summed E-state index contributed by atoms with van der Waals surface area (Å²) in [6.45, 7) is 1.90. The summed E-state index contributed by atoms with van der Waals surface area (Å²) >= 11 is 0. The molecule has 0 saturated heterocycles. The summed E-state index contributed by atoms with van der Waals surface area (Å²) in [7, 11) is 1.63. The Labute approximate surface area is 122 Å². The molecule has 106 valence electrons. The molecule has 0 radical (unpaired) electrons. The molecule has 0 saturated carbocycles. The maximum absolute atomic E-state index is 9.82. The first-order valence-electron chi connectivity index (χ1n) is 6.57. The van der Waals surface area contributed by atoms with Crippen LogP contribution in [-0.2, 0) is 0 Å². The van der Waals surface area contributed by atoms with E-state index in [1.807, 2.05) is 49.4 Å². The summed E-state index contributed by atoms with van der Waals surface area (Å²) in [6.07, 6.45) is 1.46. The van der Waals surface area contributed by atoms with Gasteiger partial charge in [0.05, 0.1) is 13.3 Å². The third-order valence-corrected chi connectivity index (χ3v) is 3.33. The van der Waals surface area contributed by atoms with Crippen molar-refractivity contribution in [3.05, 3.63) is 54.4 Å². The number of pyridine rings is 1. The van der Waals surface area contributed by atoms with E-state index in [1.54, 1.807) is 7.11 Å². The number of fused-ring (bicyclic) bond motifs is 1. The van der Waals surface area contributed by atoms with Crippen LogP contribution in [0.5, 0.6) is 23.0 Å². The first kappa shape index (κ1) is 13.2. The fraction of sp³-hybridized carbons (Fsp3) is 0.118. The SMILES string of the molecule is COc1ccc(Oc2ccc3c(O)cnc(C)c3c2)cc1. The lowest BCUT2D eigenvalue weighted by Gasteiger charge is -2.09. The fourth-order valence-corrected chi connectivity index (χ4v) is 2.19. The fourth-order valence-electron chi connectivity index (χ4n) is 2.19. The number of aromatic hydroxyl groups is 1. The van der Waals surface area contributed by atoms with Crippen LogP contribution in [0.3, 0.4) is 0 Å². The molecule has 0 aliphatic rings. The van der Waals surface area contributed by atoms with Gasteiger partial charge in [0.25, 0.3) is 0 Å². The van der Waals surface area contributed by atoms with Crippen molar-refractivity contribution < 1.29 is 14.6 Å². The van der Waals surface area contributed by atoms with Crippen LogP contribution in [0, 0.1) is 6.92 Å². The lowest BCUT2D eigenvalue weighted by molar-refractivity contribution is 0.413. The largest absolute Gasteiger partial charge is 0.506 e. The van der Waals surface area contributed by atoms with Gasteiger partial charge in [0.1, 0.15) is 23.0 Å². The zero-order chi connectivity index (χ0) is 14.8. The van der Waals surface area contributed by atoms with Crippen molar-refractivity contribution in [1.82, 2.24) is 4.98 Å². The van der Waals surface area contributed by atoms with Gasteiger partial charge in [-0.1, -0.05) is 0 Å². The Morgan fingerprint density at radius 1 is 0.905 bits per heavy atom. The van der Waals surface area contributed by atoms with Gasteiger partial charge in [0.2, 0.25) is 0 Å². The lowest BCUT2D eigenvalue weighted by atomic mass is 10.1. The second-order valence-corrected chi connectivity index (χ2v) is 4.71. The predicted octanol–water partition coefficient (Wildman–Crippen LogP) is 4.05. The van der Waals surface area contributed by atoms with Crippen LogP contribution in [-0.4, -0.2) is 17.2 Å². The summed E-state index contributed by atoms with van der Waals surface area (Å²) < 4.78 is 10.9. The van der Waals surface area contributed by atoms with Crippen LogP contribution in [0.25, 0.3) is 10.8 Å². The van der Waals surface area contributed by atoms with Crippen molar-refractivity contribution in [3.8, 4) is 23.0 Å². The highest BCUT2D eigenvalue weighted by Crippen LogP contribution is 2.31.